The number of thiazole rings is 1. The molecular formula is C18H16N4S2. The molecule has 1 aromatic carbocycles. The number of hydrazone groups is 1. The number of anilines is 1. The Morgan fingerprint density at radius 1 is 1.21 bits per heavy atom. The van der Waals surface area contributed by atoms with Crippen LogP contribution in [-0.2, 0) is 7.05 Å². The molecule has 0 aliphatic rings. The number of nitrogens with one attached hydrogen (secondary N) is 1. The molecule has 0 spiro atoms. The monoisotopic (exact) mass is 352 g/mol. The van der Waals surface area contributed by atoms with Gasteiger partial charge in [-0.05, 0) is 24.4 Å². The lowest BCUT2D eigenvalue weighted by molar-refractivity contribution is 0.968. The molecule has 3 heterocycles. The first kappa shape index (κ1) is 15.1. The van der Waals surface area contributed by atoms with E-state index in [-0.39, 0.29) is 0 Å². The van der Waals surface area contributed by atoms with Crippen LogP contribution in [0.2, 0.25) is 0 Å². The zero-order chi connectivity index (χ0) is 16.5. The van der Waals surface area contributed by atoms with Crippen LogP contribution < -0.4 is 5.43 Å². The van der Waals surface area contributed by atoms with Crippen LogP contribution in [0.3, 0.4) is 0 Å². The SMILES string of the molecule is Cc1sc(N/N=C\c2cn(C)c3ccccc23)nc1-c1cccs1. The highest BCUT2D eigenvalue weighted by atomic mass is 32.1. The first-order valence-corrected chi connectivity index (χ1v) is 9.26. The predicted molar refractivity (Wildman–Crippen MR) is 104 cm³/mol. The maximum Gasteiger partial charge on any atom is 0.204 e. The summed E-state index contributed by atoms with van der Waals surface area (Å²) >= 11 is 3.33. The van der Waals surface area contributed by atoms with Crippen LogP contribution in [0.5, 0.6) is 0 Å². The van der Waals surface area contributed by atoms with Gasteiger partial charge in [0.25, 0.3) is 0 Å². The van der Waals surface area contributed by atoms with E-state index in [0.29, 0.717) is 0 Å². The summed E-state index contributed by atoms with van der Waals surface area (Å²) in [6.07, 6.45) is 3.93. The van der Waals surface area contributed by atoms with Crippen LogP contribution in [0.15, 0.2) is 53.1 Å². The highest BCUT2D eigenvalue weighted by Crippen LogP contribution is 2.32. The van der Waals surface area contributed by atoms with E-state index < -0.39 is 0 Å². The number of hydrogen-bond acceptors (Lipinski definition) is 5. The molecule has 0 bridgehead atoms. The largest absolute Gasteiger partial charge is 0.350 e. The summed E-state index contributed by atoms with van der Waals surface area (Å²) in [5.41, 5.74) is 6.39. The first-order chi connectivity index (χ1) is 11.7. The smallest absolute Gasteiger partial charge is 0.204 e. The molecule has 4 rings (SSSR count). The minimum Gasteiger partial charge on any atom is -0.350 e. The van der Waals surface area contributed by atoms with Crippen molar-refractivity contribution in [2.75, 3.05) is 5.43 Å². The Labute approximate surface area is 148 Å². The van der Waals surface area contributed by atoms with E-state index in [1.165, 1.54) is 20.7 Å². The molecule has 0 fully saturated rings. The van der Waals surface area contributed by atoms with Crippen molar-refractivity contribution >= 4 is 44.9 Å². The van der Waals surface area contributed by atoms with Crippen molar-refractivity contribution in [3.8, 4) is 10.6 Å². The van der Waals surface area contributed by atoms with E-state index in [0.717, 1.165) is 16.4 Å². The summed E-state index contributed by atoms with van der Waals surface area (Å²) in [6.45, 7) is 2.09. The molecule has 0 radical (unpaired) electrons. The van der Waals surface area contributed by atoms with Crippen molar-refractivity contribution in [1.82, 2.24) is 9.55 Å². The van der Waals surface area contributed by atoms with Gasteiger partial charge in [-0.2, -0.15) is 5.10 Å². The van der Waals surface area contributed by atoms with E-state index in [2.05, 4.69) is 56.8 Å². The highest BCUT2D eigenvalue weighted by molar-refractivity contribution is 7.17. The number of nitrogens with zero attached hydrogens (tertiary/aromatic N) is 3. The molecule has 6 heteroatoms. The van der Waals surface area contributed by atoms with Gasteiger partial charge in [0.15, 0.2) is 0 Å². The van der Waals surface area contributed by atoms with E-state index in [1.807, 2.05) is 31.5 Å². The number of aromatic nitrogens is 2. The van der Waals surface area contributed by atoms with Crippen molar-refractivity contribution in [3.05, 3.63) is 58.4 Å². The third-order valence-corrected chi connectivity index (χ3v) is 5.59. The summed E-state index contributed by atoms with van der Waals surface area (Å²) in [4.78, 5) is 7.03. The molecule has 4 aromatic rings. The molecule has 24 heavy (non-hydrogen) atoms. The lowest BCUT2D eigenvalue weighted by Gasteiger charge is -1.94. The zero-order valence-corrected chi connectivity index (χ0v) is 15.0. The van der Waals surface area contributed by atoms with Crippen molar-refractivity contribution < 1.29 is 0 Å². The minimum atomic E-state index is 0.812. The maximum absolute atomic E-state index is 4.65. The number of fused-ring (bicyclic) bond motifs is 1. The van der Waals surface area contributed by atoms with Gasteiger partial charge in [0, 0.05) is 34.6 Å². The average Bonchev–Trinajstić information content (AvgIpc) is 3.29. The van der Waals surface area contributed by atoms with E-state index in [4.69, 9.17) is 0 Å². The minimum absolute atomic E-state index is 0.812. The number of benzene rings is 1. The highest BCUT2D eigenvalue weighted by Gasteiger charge is 2.10. The van der Waals surface area contributed by atoms with Gasteiger partial charge < -0.3 is 4.57 Å². The van der Waals surface area contributed by atoms with Gasteiger partial charge in [-0.3, -0.25) is 5.43 Å². The van der Waals surface area contributed by atoms with E-state index in [9.17, 15) is 0 Å². The molecule has 0 saturated heterocycles. The lowest BCUT2D eigenvalue weighted by Crippen LogP contribution is -1.89. The lowest BCUT2D eigenvalue weighted by atomic mass is 10.2. The Morgan fingerprint density at radius 3 is 2.92 bits per heavy atom. The number of rotatable bonds is 4. The number of hydrogen-bond donors (Lipinski definition) is 1. The second-order valence-corrected chi connectivity index (χ2v) is 7.63. The van der Waals surface area contributed by atoms with E-state index in [1.54, 1.807) is 22.7 Å². The van der Waals surface area contributed by atoms with Crippen LogP contribution >= 0.6 is 22.7 Å². The number of aryl methyl sites for hydroxylation is 2. The zero-order valence-electron chi connectivity index (χ0n) is 13.4. The molecule has 0 saturated carbocycles. The fourth-order valence-corrected chi connectivity index (χ4v) is 4.33. The molecular weight excluding hydrogens is 336 g/mol. The summed E-state index contributed by atoms with van der Waals surface area (Å²) in [6, 6.07) is 12.5. The van der Waals surface area contributed by atoms with Crippen molar-refractivity contribution in [2.24, 2.45) is 12.1 Å². The molecule has 1 N–H and O–H groups in total. The van der Waals surface area contributed by atoms with Gasteiger partial charge in [0.2, 0.25) is 5.13 Å². The van der Waals surface area contributed by atoms with E-state index >= 15 is 0 Å². The number of para-hydroxylation sites is 1. The van der Waals surface area contributed by atoms with Crippen LogP contribution in [0, 0.1) is 6.92 Å². The summed E-state index contributed by atoms with van der Waals surface area (Å²) < 4.78 is 2.11. The summed E-state index contributed by atoms with van der Waals surface area (Å²) in [7, 11) is 2.05. The van der Waals surface area contributed by atoms with Gasteiger partial charge in [-0.15, -0.1) is 22.7 Å². The number of thiophene rings is 1. The van der Waals surface area contributed by atoms with Crippen LogP contribution in [0.25, 0.3) is 21.5 Å². The van der Waals surface area contributed by atoms with Crippen LogP contribution in [0.4, 0.5) is 5.13 Å². The van der Waals surface area contributed by atoms with Crippen molar-refractivity contribution in [1.29, 1.82) is 0 Å². The normalized spacial score (nSPS) is 11.6. The second kappa shape index (κ2) is 6.22. The molecule has 3 aromatic heterocycles. The summed E-state index contributed by atoms with van der Waals surface area (Å²) in [5.74, 6) is 0. The van der Waals surface area contributed by atoms with Crippen LogP contribution in [-0.4, -0.2) is 15.8 Å². The van der Waals surface area contributed by atoms with Crippen molar-refractivity contribution in [3.63, 3.8) is 0 Å². The molecule has 0 unspecified atom stereocenters. The Morgan fingerprint density at radius 2 is 2.08 bits per heavy atom. The molecule has 4 nitrogen and oxygen atoms in total. The molecule has 0 atom stereocenters. The van der Waals surface area contributed by atoms with Gasteiger partial charge >= 0.3 is 0 Å². The van der Waals surface area contributed by atoms with Gasteiger partial charge in [-0.1, -0.05) is 24.3 Å². The molecule has 0 amide bonds. The van der Waals surface area contributed by atoms with Gasteiger partial charge in [0.05, 0.1) is 16.8 Å². The average molecular weight is 352 g/mol. The second-order valence-electron chi connectivity index (χ2n) is 5.48. The molecule has 0 aliphatic heterocycles. The third kappa shape index (κ3) is 2.74. The predicted octanol–water partition coefficient (Wildman–Crippen LogP) is 5.12. The van der Waals surface area contributed by atoms with Gasteiger partial charge in [-0.25, -0.2) is 4.98 Å². The third-order valence-electron chi connectivity index (χ3n) is 3.84. The standard InChI is InChI=1S/C18H16N4S2/c1-12-17(16-8-5-9-23-16)20-18(24-12)21-19-10-13-11-22(2)15-7-4-3-6-14(13)15/h3-11H,1-2H3,(H,20,21)/b19-10-. The quantitative estimate of drug-likeness (QED) is 0.409. The summed E-state index contributed by atoms with van der Waals surface area (Å²) in [5, 5.41) is 8.45. The fourth-order valence-electron chi connectivity index (χ4n) is 2.72. The molecule has 0 aliphatic carbocycles. The van der Waals surface area contributed by atoms with Crippen LogP contribution in [0.1, 0.15) is 10.4 Å². The Hall–Kier alpha value is -2.44. The molecule has 120 valence electrons. The van der Waals surface area contributed by atoms with Gasteiger partial charge in [0.1, 0.15) is 0 Å². The van der Waals surface area contributed by atoms with Crippen molar-refractivity contribution in [2.45, 2.75) is 6.92 Å². The maximum atomic E-state index is 4.65. The Balaban J connectivity index is 1.56. The fraction of sp³-hybridized carbons (Fsp3) is 0.111. The Bertz CT molecular complexity index is 1010. The Kier molecular flexibility index (Phi) is 3.92. The topological polar surface area (TPSA) is 42.2 Å². The first-order valence-electron chi connectivity index (χ1n) is 7.57.